The van der Waals surface area contributed by atoms with Crippen molar-refractivity contribution in [2.75, 3.05) is 21.9 Å². The quantitative estimate of drug-likeness (QED) is 0.886. The van der Waals surface area contributed by atoms with Crippen LogP contribution >= 0.6 is 11.3 Å². The van der Waals surface area contributed by atoms with Crippen LogP contribution in [0, 0.1) is 0 Å². The predicted octanol–water partition coefficient (Wildman–Crippen LogP) is 3.25. The summed E-state index contributed by atoms with van der Waals surface area (Å²) in [7, 11) is -3.24. The second-order valence-corrected chi connectivity index (χ2v) is 8.82. The minimum Gasteiger partial charge on any atom is -0.326 e. The van der Waals surface area contributed by atoms with E-state index in [1.807, 2.05) is 17.5 Å². The first-order valence-electron chi connectivity index (χ1n) is 7.97. The zero-order chi connectivity index (χ0) is 17.0. The number of amides is 1. The summed E-state index contributed by atoms with van der Waals surface area (Å²) in [4.78, 5) is 13.3. The van der Waals surface area contributed by atoms with Gasteiger partial charge in [-0.25, -0.2) is 8.42 Å². The van der Waals surface area contributed by atoms with Crippen molar-refractivity contribution in [3.63, 3.8) is 0 Å². The number of hydrogen-bond donors (Lipinski definition) is 1. The van der Waals surface area contributed by atoms with Crippen LogP contribution in [0.25, 0.3) is 0 Å². The maximum Gasteiger partial charge on any atom is 0.235 e. The molecule has 128 valence electrons. The van der Waals surface area contributed by atoms with Crippen LogP contribution in [-0.4, -0.2) is 26.6 Å². The van der Waals surface area contributed by atoms with Crippen molar-refractivity contribution in [2.45, 2.75) is 25.7 Å². The van der Waals surface area contributed by atoms with Crippen LogP contribution in [0.5, 0.6) is 0 Å². The van der Waals surface area contributed by atoms with Gasteiger partial charge in [0.1, 0.15) is 0 Å². The smallest absolute Gasteiger partial charge is 0.235 e. The zero-order valence-corrected chi connectivity index (χ0v) is 14.9. The summed E-state index contributed by atoms with van der Waals surface area (Å²) in [5.74, 6) is 0.117. The van der Waals surface area contributed by atoms with E-state index in [0.29, 0.717) is 37.2 Å². The summed E-state index contributed by atoms with van der Waals surface area (Å²) < 4.78 is 25.8. The Morgan fingerprint density at radius 1 is 1.21 bits per heavy atom. The van der Waals surface area contributed by atoms with Gasteiger partial charge in [-0.1, -0.05) is 12.1 Å². The van der Waals surface area contributed by atoms with E-state index >= 15 is 0 Å². The molecule has 5 nitrogen and oxygen atoms in total. The van der Waals surface area contributed by atoms with E-state index in [1.54, 1.807) is 35.6 Å². The topological polar surface area (TPSA) is 66.5 Å². The second kappa shape index (κ2) is 7.36. The lowest BCUT2D eigenvalue weighted by Gasteiger charge is -2.28. The molecule has 0 aliphatic carbocycles. The number of benzene rings is 1. The van der Waals surface area contributed by atoms with Crippen LogP contribution in [0.2, 0.25) is 0 Å². The van der Waals surface area contributed by atoms with Crippen molar-refractivity contribution < 1.29 is 13.2 Å². The Bertz CT molecular complexity index is 801. The molecule has 1 fully saturated rings. The highest BCUT2D eigenvalue weighted by atomic mass is 32.2. The molecular formula is C17H20N2O3S2. The highest BCUT2D eigenvalue weighted by molar-refractivity contribution is 7.92. The lowest BCUT2D eigenvalue weighted by Crippen LogP contribution is -2.37. The first kappa shape index (κ1) is 17.0. The van der Waals surface area contributed by atoms with E-state index in [-0.39, 0.29) is 11.7 Å². The molecule has 1 aliphatic rings. The van der Waals surface area contributed by atoms with E-state index in [9.17, 15) is 13.2 Å². The minimum atomic E-state index is -3.24. The van der Waals surface area contributed by atoms with Gasteiger partial charge in [0.05, 0.1) is 11.4 Å². The third kappa shape index (κ3) is 4.15. The number of rotatable bonds is 5. The Hall–Kier alpha value is -1.86. The molecule has 1 amide bonds. The largest absolute Gasteiger partial charge is 0.326 e. The van der Waals surface area contributed by atoms with Gasteiger partial charge in [0.15, 0.2) is 0 Å². The van der Waals surface area contributed by atoms with Gasteiger partial charge in [-0.3, -0.25) is 9.10 Å². The average molecular weight is 364 g/mol. The van der Waals surface area contributed by atoms with E-state index in [1.165, 1.54) is 9.18 Å². The molecule has 2 heterocycles. The Labute approximate surface area is 146 Å². The molecule has 24 heavy (non-hydrogen) atoms. The molecular weight excluding hydrogens is 344 g/mol. The van der Waals surface area contributed by atoms with Crippen LogP contribution < -0.4 is 9.62 Å². The summed E-state index contributed by atoms with van der Waals surface area (Å²) >= 11 is 1.64. The highest BCUT2D eigenvalue weighted by Gasteiger charge is 2.26. The fourth-order valence-corrected chi connectivity index (χ4v) is 5.07. The molecule has 1 aromatic carbocycles. The summed E-state index contributed by atoms with van der Waals surface area (Å²) in [6.45, 7) is 0.498. The summed E-state index contributed by atoms with van der Waals surface area (Å²) in [6, 6.07) is 11.0. The Morgan fingerprint density at radius 3 is 2.83 bits per heavy atom. The van der Waals surface area contributed by atoms with E-state index in [0.717, 1.165) is 6.42 Å². The third-order valence-electron chi connectivity index (χ3n) is 3.95. The number of nitrogens with one attached hydrogen (secondary N) is 1. The van der Waals surface area contributed by atoms with E-state index in [4.69, 9.17) is 0 Å². The van der Waals surface area contributed by atoms with Crippen molar-refractivity contribution in [2.24, 2.45) is 0 Å². The number of nitrogens with zero attached hydrogens (tertiary/aromatic N) is 1. The van der Waals surface area contributed by atoms with Gasteiger partial charge < -0.3 is 5.32 Å². The third-order valence-corrected chi connectivity index (χ3v) is 6.75. The molecule has 0 bridgehead atoms. The van der Waals surface area contributed by atoms with Crippen LogP contribution in [0.3, 0.4) is 0 Å². The summed E-state index contributed by atoms with van der Waals surface area (Å²) in [5.41, 5.74) is 1.25. The monoisotopic (exact) mass is 364 g/mol. The Balaban J connectivity index is 1.65. The lowest BCUT2D eigenvalue weighted by molar-refractivity contribution is -0.116. The molecule has 0 saturated carbocycles. The Kier molecular flexibility index (Phi) is 5.20. The zero-order valence-electron chi connectivity index (χ0n) is 13.3. The van der Waals surface area contributed by atoms with Crippen LogP contribution in [0.15, 0.2) is 41.8 Å². The molecule has 3 rings (SSSR count). The van der Waals surface area contributed by atoms with E-state index < -0.39 is 10.0 Å². The van der Waals surface area contributed by atoms with Crippen molar-refractivity contribution in [3.8, 4) is 0 Å². The second-order valence-electron chi connectivity index (χ2n) is 5.77. The molecule has 1 aliphatic heterocycles. The molecule has 0 atom stereocenters. The fraction of sp³-hybridized carbons (Fsp3) is 0.353. The number of carbonyl (C=O) groups is 1. The van der Waals surface area contributed by atoms with Crippen molar-refractivity contribution >= 4 is 38.6 Å². The molecule has 0 unspecified atom stereocenters. The van der Waals surface area contributed by atoms with Gasteiger partial charge in [0, 0.05) is 23.5 Å². The molecule has 1 aromatic heterocycles. The van der Waals surface area contributed by atoms with Gasteiger partial charge in [0.25, 0.3) is 0 Å². The first-order chi connectivity index (χ1) is 11.5. The fourth-order valence-electron chi connectivity index (χ4n) is 2.73. The normalized spacial score (nSPS) is 16.8. The van der Waals surface area contributed by atoms with Crippen LogP contribution in [0.1, 0.15) is 24.1 Å². The Morgan fingerprint density at radius 2 is 2.08 bits per heavy atom. The van der Waals surface area contributed by atoms with Gasteiger partial charge in [0.2, 0.25) is 15.9 Å². The highest BCUT2D eigenvalue weighted by Crippen LogP contribution is 2.26. The number of sulfonamides is 1. The van der Waals surface area contributed by atoms with Gasteiger partial charge in [-0.15, -0.1) is 11.3 Å². The molecule has 2 aromatic rings. The minimum absolute atomic E-state index is 0.0675. The average Bonchev–Trinajstić information content (AvgIpc) is 3.06. The number of carbonyl (C=O) groups excluding carboxylic acids is 1. The van der Waals surface area contributed by atoms with Gasteiger partial charge >= 0.3 is 0 Å². The number of aryl methyl sites for hydroxylation is 1. The first-order valence-corrected chi connectivity index (χ1v) is 10.5. The molecule has 1 saturated heterocycles. The van der Waals surface area contributed by atoms with Crippen molar-refractivity contribution in [1.29, 1.82) is 0 Å². The maximum atomic E-state index is 12.2. The van der Waals surface area contributed by atoms with E-state index in [2.05, 4.69) is 5.32 Å². The SMILES string of the molecule is O=C(CCc1cccs1)Nc1cccc(N2CCCCS2(=O)=O)c1. The lowest BCUT2D eigenvalue weighted by atomic mass is 10.2. The standard InChI is InChI=1S/C17H20N2O3S2/c20-17(9-8-16-7-4-11-23-16)18-14-5-3-6-15(13-14)19-10-1-2-12-24(19,21)22/h3-7,11,13H,1-2,8-10,12H2,(H,18,20). The van der Waals surface area contributed by atoms with Gasteiger partial charge in [-0.2, -0.15) is 0 Å². The van der Waals surface area contributed by atoms with Crippen molar-refractivity contribution in [1.82, 2.24) is 0 Å². The van der Waals surface area contributed by atoms with Crippen LogP contribution in [0.4, 0.5) is 11.4 Å². The number of anilines is 2. The number of thiophene rings is 1. The van der Waals surface area contributed by atoms with Crippen LogP contribution in [-0.2, 0) is 21.2 Å². The van der Waals surface area contributed by atoms with Gasteiger partial charge in [-0.05, 0) is 48.9 Å². The van der Waals surface area contributed by atoms with Crippen molar-refractivity contribution in [3.05, 3.63) is 46.7 Å². The summed E-state index contributed by atoms with van der Waals surface area (Å²) in [5, 5.41) is 4.85. The maximum absolute atomic E-state index is 12.2. The molecule has 1 N–H and O–H groups in total. The number of hydrogen-bond acceptors (Lipinski definition) is 4. The molecule has 7 heteroatoms. The summed E-state index contributed by atoms with van der Waals surface area (Å²) in [6.07, 6.45) is 2.69. The molecule has 0 spiro atoms. The predicted molar refractivity (Wildman–Crippen MR) is 98.1 cm³/mol. The molecule has 0 radical (unpaired) electrons.